The van der Waals surface area contributed by atoms with Gasteiger partial charge in [-0.2, -0.15) is 5.10 Å². The fourth-order valence-corrected chi connectivity index (χ4v) is 7.43. The van der Waals surface area contributed by atoms with E-state index in [1.807, 2.05) is 36.5 Å². The molecule has 5 aliphatic carbocycles. The lowest BCUT2D eigenvalue weighted by molar-refractivity contribution is -0.0119. The number of hydrogen-bond donors (Lipinski definition) is 2. The first-order valence-corrected chi connectivity index (χ1v) is 12.9. The van der Waals surface area contributed by atoms with Gasteiger partial charge in [0.1, 0.15) is 12.0 Å². The number of aliphatic hydroxyl groups is 1. The van der Waals surface area contributed by atoms with E-state index in [1.54, 1.807) is 10.9 Å². The summed E-state index contributed by atoms with van der Waals surface area (Å²) in [6, 6.07) is 9.85. The van der Waals surface area contributed by atoms with Crippen LogP contribution in [0.25, 0.3) is 0 Å². The van der Waals surface area contributed by atoms with Crippen molar-refractivity contribution in [2.75, 3.05) is 0 Å². The van der Waals surface area contributed by atoms with Gasteiger partial charge in [0.15, 0.2) is 0 Å². The molecular weight excluding hydrogens is 414 g/mol. The van der Waals surface area contributed by atoms with Crippen molar-refractivity contribution in [1.82, 2.24) is 15.1 Å². The number of aromatic nitrogens is 2. The predicted octanol–water partition coefficient (Wildman–Crippen LogP) is 4.57. The zero-order valence-corrected chi connectivity index (χ0v) is 19.2. The molecule has 176 valence electrons. The lowest BCUT2D eigenvalue weighted by Gasteiger charge is -2.54. The number of benzene rings is 1. The van der Waals surface area contributed by atoms with Crippen LogP contribution in [0.4, 0.5) is 0 Å². The third-order valence-electron chi connectivity index (χ3n) is 8.88. The first kappa shape index (κ1) is 21.2. The van der Waals surface area contributed by atoms with Crippen LogP contribution in [-0.4, -0.2) is 32.9 Å². The molecule has 1 aromatic heterocycles. The highest BCUT2D eigenvalue weighted by molar-refractivity contribution is 5.94. The highest BCUT2D eigenvalue weighted by atomic mass is 16.5. The number of ether oxygens (including phenoxy) is 1. The fraction of sp³-hybridized carbons (Fsp3) is 0.630. The van der Waals surface area contributed by atoms with Crippen molar-refractivity contribution < 1.29 is 14.6 Å². The van der Waals surface area contributed by atoms with Gasteiger partial charge >= 0.3 is 0 Å². The Morgan fingerprint density at radius 2 is 1.67 bits per heavy atom. The third-order valence-corrected chi connectivity index (χ3v) is 8.88. The Balaban J connectivity index is 1.00. The van der Waals surface area contributed by atoms with E-state index in [0.717, 1.165) is 48.8 Å². The summed E-state index contributed by atoms with van der Waals surface area (Å²) in [7, 11) is 0. The van der Waals surface area contributed by atoms with Gasteiger partial charge in [-0.3, -0.25) is 4.79 Å². The third kappa shape index (κ3) is 4.30. The van der Waals surface area contributed by atoms with Gasteiger partial charge in [-0.1, -0.05) is 0 Å². The number of carbonyl (C=O) groups is 1. The molecule has 6 heteroatoms. The number of rotatable bonds is 6. The minimum atomic E-state index is -0.562. The Bertz CT molecular complexity index is 922. The maximum atomic E-state index is 13.0. The van der Waals surface area contributed by atoms with Crippen molar-refractivity contribution in [3.8, 4) is 5.75 Å². The maximum absolute atomic E-state index is 13.0. The number of nitrogens with one attached hydrogen (secondary N) is 1. The Morgan fingerprint density at radius 1 is 1.00 bits per heavy atom. The van der Waals surface area contributed by atoms with Crippen LogP contribution in [0.15, 0.2) is 42.7 Å². The molecule has 1 unspecified atom stereocenters. The number of amides is 1. The van der Waals surface area contributed by atoms with Crippen LogP contribution in [0.3, 0.4) is 0 Å². The average molecular weight is 450 g/mol. The first-order chi connectivity index (χ1) is 16.1. The van der Waals surface area contributed by atoms with Crippen molar-refractivity contribution in [2.45, 2.75) is 76.2 Å². The molecule has 6 nitrogen and oxygen atoms in total. The first-order valence-electron chi connectivity index (χ1n) is 12.9. The van der Waals surface area contributed by atoms with E-state index in [4.69, 9.17) is 4.74 Å². The zero-order valence-electron chi connectivity index (χ0n) is 19.2. The van der Waals surface area contributed by atoms with Crippen LogP contribution in [0, 0.1) is 29.6 Å². The molecule has 5 saturated carbocycles. The predicted molar refractivity (Wildman–Crippen MR) is 125 cm³/mol. The molecule has 1 aromatic carbocycles. The summed E-state index contributed by atoms with van der Waals surface area (Å²) >= 11 is 0. The van der Waals surface area contributed by atoms with E-state index in [2.05, 4.69) is 10.4 Å². The molecular formula is C27H35N3O3. The average Bonchev–Trinajstić information content (AvgIpc) is 3.36. The van der Waals surface area contributed by atoms with Gasteiger partial charge in [0.2, 0.25) is 0 Å². The van der Waals surface area contributed by atoms with E-state index in [-0.39, 0.29) is 17.9 Å². The normalized spacial score (nSPS) is 35.8. The van der Waals surface area contributed by atoms with Crippen molar-refractivity contribution >= 4 is 5.91 Å². The molecule has 2 N–H and O–H groups in total. The molecule has 4 bridgehead atoms. The highest BCUT2D eigenvalue weighted by Gasteiger charge is 2.48. The van der Waals surface area contributed by atoms with Gasteiger partial charge in [0, 0.05) is 29.9 Å². The number of hydrogen-bond acceptors (Lipinski definition) is 4. The highest BCUT2D eigenvalue weighted by Crippen LogP contribution is 2.53. The Kier molecular flexibility index (Phi) is 5.65. The summed E-state index contributed by atoms with van der Waals surface area (Å²) in [5, 5.41) is 18.1. The number of aliphatic hydroxyl groups excluding tert-OH is 1. The molecule has 5 fully saturated rings. The van der Waals surface area contributed by atoms with Crippen LogP contribution in [0.2, 0.25) is 0 Å². The summed E-state index contributed by atoms with van der Waals surface area (Å²) in [6.45, 7) is 0. The monoisotopic (exact) mass is 449 g/mol. The lowest BCUT2D eigenvalue weighted by Crippen LogP contribution is -2.55. The maximum Gasteiger partial charge on any atom is 0.251 e. The Morgan fingerprint density at radius 3 is 2.27 bits per heavy atom. The molecule has 7 rings (SSSR count). The molecule has 0 radical (unpaired) electrons. The van der Waals surface area contributed by atoms with E-state index >= 15 is 0 Å². The molecule has 33 heavy (non-hydrogen) atoms. The molecule has 0 spiro atoms. The molecule has 5 aliphatic rings. The quantitative estimate of drug-likeness (QED) is 0.678. The van der Waals surface area contributed by atoms with Gasteiger partial charge in [-0.05, 0) is 112 Å². The summed E-state index contributed by atoms with van der Waals surface area (Å²) in [5.41, 5.74) is 0.724. The van der Waals surface area contributed by atoms with E-state index in [9.17, 15) is 9.90 Å². The van der Waals surface area contributed by atoms with E-state index < -0.39 is 6.23 Å². The molecule has 1 atom stereocenters. The second-order valence-electron chi connectivity index (χ2n) is 11.0. The lowest BCUT2D eigenvalue weighted by atomic mass is 9.54. The number of nitrogens with zero attached hydrogens (tertiary/aromatic N) is 2. The second kappa shape index (κ2) is 8.79. The van der Waals surface area contributed by atoms with Gasteiger partial charge in [0.25, 0.3) is 5.91 Å². The minimum absolute atomic E-state index is 0.0622. The van der Waals surface area contributed by atoms with E-state index in [1.165, 1.54) is 32.1 Å². The minimum Gasteiger partial charge on any atom is -0.490 e. The summed E-state index contributed by atoms with van der Waals surface area (Å²) in [6.07, 6.45) is 13.4. The van der Waals surface area contributed by atoms with Crippen molar-refractivity contribution in [2.24, 2.45) is 29.6 Å². The largest absolute Gasteiger partial charge is 0.490 e. The van der Waals surface area contributed by atoms with Gasteiger partial charge in [-0.25, -0.2) is 4.68 Å². The van der Waals surface area contributed by atoms with Crippen molar-refractivity contribution in [3.63, 3.8) is 0 Å². The standard InChI is InChI=1S/C27H35N3O3/c31-26(29-25-21-13-17-12-18(15-21)16-22(25)14-17)19-2-6-23(7-3-19)33-24-8-4-20(5-9-24)27(32)30-11-1-10-28-30/h1-3,6-7,10-11,17-18,20-22,24-25,27,32H,4-5,8-9,12-16H2,(H,29,31). The van der Waals surface area contributed by atoms with Crippen LogP contribution in [-0.2, 0) is 0 Å². The summed E-state index contributed by atoms with van der Waals surface area (Å²) in [5.74, 6) is 4.30. The van der Waals surface area contributed by atoms with Crippen molar-refractivity contribution in [1.29, 1.82) is 0 Å². The van der Waals surface area contributed by atoms with E-state index in [0.29, 0.717) is 17.9 Å². The summed E-state index contributed by atoms with van der Waals surface area (Å²) < 4.78 is 7.84. The Hall–Kier alpha value is -2.34. The topological polar surface area (TPSA) is 76.4 Å². The SMILES string of the molecule is O=C(NC1C2CC3CC(C2)CC1C3)c1ccc(OC2CCC(C(O)n3cccn3)CC2)cc1. The Labute approximate surface area is 195 Å². The van der Waals surface area contributed by atoms with Crippen LogP contribution >= 0.6 is 0 Å². The van der Waals surface area contributed by atoms with Crippen LogP contribution in [0.1, 0.15) is 74.4 Å². The molecule has 0 aliphatic heterocycles. The number of carbonyl (C=O) groups excluding carboxylic acids is 1. The summed E-state index contributed by atoms with van der Waals surface area (Å²) in [4.78, 5) is 13.0. The van der Waals surface area contributed by atoms with Gasteiger partial charge in [0.05, 0.1) is 6.10 Å². The van der Waals surface area contributed by atoms with Gasteiger partial charge in [-0.15, -0.1) is 0 Å². The molecule has 1 heterocycles. The molecule has 1 amide bonds. The fourth-order valence-electron chi connectivity index (χ4n) is 7.43. The van der Waals surface area contributed by atoms with Crippen LogP contribution < -0.4 is 10.1 Å². The van der Waals surface area contributed by atoms with Crippen molar-refractivity contribution in [3.05, 3.63) is 48.3 Å². The molecule has 2 aromatic rings. The molecule has 0 saturated heterocycles. The zero-order chi connectivity index (χ0) is 22.4. The van der Waals surface area contributed by atoms with Crippen LogP contribution in [0.5, 0.6) is 5.75 Å². The van der Waals surface area contributed by atoms with Gasteiger partial charge < -0.3 is 15.2 Å². The smallest absolute Gasteiger partial charge is 0.251 e. The second-order valence-corrected chi connectivity index (χ2v) is 11.0.